The molecule has 0 aromatic heterocycles. The molecule has 2 aromatic rings. The van der Waals surface area contributed by atoms with Crippen LogP contribution < -0.4 is 10.2 Å². The normalized spacial score (nSPS) is 33.1. The Bertz CT molecular complexity index is 1120. The van der Waals surface area contributed by atoms with Crippen molar-refractivity contribution >= 4 is 23.4 Å². The number of halogens is 1. The van der Waals surface area contributed by atoms with Crippen molar-refractivity contribution in [1.82, 2.24) is 4.90 Å². The predicted molar refractivity (Wildman–Crippen MR) is 109 cm³/mol. The van der Waals surface area contributed by atoms with Gasteiger partial charge in [0.05, 0.1) is 12.2 Å². The van der Waals surface area contributed by atoms with Crippen LogP contribution >= 0.6 is 0 Å². The molecule has 4 aliphatic rings. The van der Waals surface area contributed by atoms with Crippen LogP contribution in [0.5, 0.6) is 0 Å². The number of quaternary nitrogens is 1. The Morgan fingerprint density at radius 1 is 1.10 bits per heavy atom. The molecule has 31 heavy (non-hydrogen) atoms. The van der Waals surface area contributed by atoms with Crippen LogP contribution in [0.4, 0.5) is 10.1 Å². The van der Waals surface area contributed by atoms with Gasteiger partial charge in [0.2, 0.25) is 17.4 Å². The lowest BCUT2D eigenvalue weighted by molar-refractivity contribution is -0.948. The van der Waals surface area contributed by atoms with Gasteiger partial charge in [0.1, 0.15) is 23.7 Å². The second-order valence-electron chi connectivity index (χ2n) is 9.04. The van der Waals surface area contributed by atoms with Gasteiger partial charge in [0.15, 0.2) is 0 Å². The van der Waals surface area contributed by atoms with Crippen LogP contribution in [-0.2, 0) is 26.3 Å². The summed E-state index contributed by atoms with van der Waals surface area (Å²) in [5, 5.41) is 2.88. The summed E-state index contributed by atoms with van der Waals surface area (Å²) in [7, 11) is 0. The molecule has 4 heterocycles. The van der Waals surface area contributed by atoms with Gasteiger partial charge in [-0.15, -0.1) is 0 Å². The van der Waals surface area contributed by atoms with E-state index in [9.17, 15) is 18.8 Å². The Morgan fingerprint density at radius 2 is 1.90 bits per heavy atom. The first-order chi connectivity index (χ1) is 15.0. The van der Waals surface area contributed by atoms with Gasteiger partial charge in [0, 0.05) is 24.9 Å². The van der Waals surface area contributed by atoms with Crippen molar-refractivity contribution in [3.05, 3.63) is 65.5 Å². The summed E-state index contributed by atoms with van der Waals surface area (Å²) in [5.74, 6) is -2.50. The van der Waals surface area contributed by atoms with Gasteiger partial charge in [-0.2, -0.15) is 0 Å². The maximum Gasteiger partial charge on any atom is 0.291 e. The number of amides is 3. The lowest BCUT2D eigenvalue weighted by Gasteiger charge is -2.33. The topological polar surface area (TPSA) is 70.9 Å². The van der Waals surface area contributed by atoms with Gasteiger partial charge in [-0.25, -0.2) is 4.39 Å². The van der Waals surface area contributed by atoms with Crippen LogP contribution in [0.25, 0.3) is 0 Å². The van der Waals surface area contributed by atoms with Crippen LogP contribution in [0.2, 0.25) is 0 Å². The number of hydrogen-bond donors (Lipinski definition) is 2. The van der Waals surface area contributed by atoms with E-state index < -0.39 is 23.2 Å². The maximum atomic E-state index is 14.3. The first-order valence-electron chi connectivity index (χ1n) is 10.9. The Morgan fingerprint density at radius 3 is 2.71 bits per heavy atom. The number of fused-ring (bicyclic) bond motifs is 7. The van der Waals surface area contributed by atoms with Crippen molar-refractivity contribution in [2.75, 3.05) is 18.4 Å². The van der Waals surface area contributed by atoms with Gasteiger partial charge in [-0.05, 0) is 30.2 Å². The third-order valence-corrected chi connectivity index (χ3v) is 7.74. The number of carbonyl (C=O) groups excluding carboxylic acids is 3. The molecule has 1 unspecified atom stereocenters. The molecule has 2 N–H and O–H groups in total. The van der Waals surface area contributed by atoms with E-state index in [1.54, 1.807) is 6.07 Å². The standard InChI is InChI=1S/C24H22FN3O3/c25-15-8-9-17-16(13-15)24(23(31)26-17)20-19(18-7-4-11-28(18)24)21(29)27(22(20)30)12-10-14-5-2-1-3-6-14/h1-3,5-6,8-9,13,18-20H,4,7,10-12H2,(H,26,31)/p+1/t18-,19+,20-,24+/m0/s1. The Labute approximate surface area is 179 Å². The summed E-state index contributed by atoms with van der Waals surface area (Å²) in [5.41, 5.74) is 0.900. The monoisotopic (exact) mass is 420 g/mol. The fourth-order valence-corrected chi connectivity index (χ4v) is 6.60. The largest absolute Gasteiger partial charge is 0.320 e. The molecule has 2 aromatic carbocycles. The molecule has 0 bridgehead atoms. The van der Waals surface area contributed by atoms with Gasteiger partial charge < -0.3 is 10.2 Å². The Balaban J connectivity index is 1.43. The molecule has 0 aliphatic carbocycles. The van der Waals surface area contributed by atoms with E-state index in [4.69, 9.17) is 0 Å². The Hall–Kier alpha value is -3.06. The van der Waals surface area contributed by atoms with Crippen LogP contribution in [0.3, 0.4) is 0 Å². The zero-order chi connectivity index (χ0) is 21.3. The summed E-state index contributed by atoms with van der Waals surface area (Å²) in [4.78, 5) is 42.9. The van der Waals surface area contributed by atoms with E-state index in [0.29, 0.717) is 30.8 Å². The van der Waals surface area contributed by atoms with Gasteiger partial charge in [-0.3, -0.25) is 19.3 Å². The lowest BCUT2D eigenvalue weighted by atomic mass is 9.75. The summed E-state index contributed by atoms with van der Waals surface area (Å²) in [6.07, 6.45) is 2.25. The van der Waals surface area contributed by atoms with Crippen LogP contribution in [-0.4, -0.2) is 41.8 Å². The number of likely N-dealkylation sites (tertiary alicyclic amines) is 1. The number of nitrogens with one attached hydrogen (secondary N) is 2. The number of rotatable bonds is 3. The van der Waals surface area contributed by atoms with E-state index in [-0.39, 0.29) is 23.8 Å². The second kappa shape index (κ2) is 6.47. The van der Waals surface area contributed by atoms with Crippen molar-refractivity contribution in [3.8, 4) is 0 Å². The zero-order valence-electron chi connectivity index (χ0n) is 16.9. The van der Waals surface area contributed by atoms with E-state index >= 15 is 0 Å². The number of anilines is 1. The highest BCUT2D eigenvalue weighted by atomic mass is 19.1. The van der Waals surface area contributed by atoms with Crippen molar-refractivity contribution < 1.29 is 23.7 Å². The molecule has 4 aliphatic heterocycles. The smallest absolute Gasteiger partial charge is 0.291 e. The van der Waals surface area contributed by atoms with Crippen LogP contribution in [0, 0.1) is 17.7 Å². The third-order valence-electron chi connectivity index (χ3n) is 7.74. The lowest BCUT2D eigenvalue weighted by Crippen LogP contribution is -3.19. The molecule has 3 amide bonds. The van der Waals surface area contributed by atoms with Gasteiger partial charge in [0.25, 0.3) is 5.91 Å². The molecular weight excluding hydrogens is 397 g/mol. The molecule has 6 rings (SSSR count). The summed E-state index contributed by atoms with van der Waals surface area (Å²) < 4.78 is 14.3. The van der Waals surface area contributed by atoms with E-state index in [1.807, 2.05) is 30.3 Å². The minimum Gasteiger partial charge on any atom is -0.320 e. The molecule has 6 nitrogen and oxygen atoms in total. The molecule has 1 spiro atoms. The van der Waals surface area contributed by atoms with E-state index in [2.05, 4.69) is 5.32 Å². The fraction of sp³-hybridized carbons (Fsp3) is 0.375. The summed E-state index contributed by atoms with van der Waals surface area (Å²) in [6.45, 7) is 0.996. The average Bonchev–Trinajstić information content (AvgIpc) is 3.47. The first kappa shape index (κ1) is 18.7. The highest BCUT2D eigenvalue weighted by molar-refractivity contribution is 6.14. The highest BCUT2D eigenvalue weighted by Gasteiger charge is 2.78. The zero-order valence-corrected chi connectivity index (χ0v) is 16.9. The SMILES string of the molecule is O=C1[C@H]2[C@@H](C(=O)N1CCc1ccccc1)[C@]1(C(=O)Nc3ccc(F)cc31)[NH+]1CCC[C@@H]21. The number of hydrogen-bond acceptors (Lipinski definition) is 3. The second-order valence-corrected chi connectivity index (χ2v) is 9.04. The minimum absolute atomic E-state index is 0.0943. The van der Waals surface area contributed by atoms with Crippen molar-refractivity contribution in [3.63, 3.8) is 0 Å². The number of benzene rings is 2. The number of carbonyl (C=O) groups is 3. The molecule has 3 fully saturated rings. The Kier molecular flexibility index (Phi) is 3.90. The average molecular weight is 420 g/mol. The van der Waals surface area contributed by atoms with Gasteiger partial charge >= 0.3 is 0 Å². The number of nitrogens with zero attached hydrogens (tertiary/aromatic N) is 1. The molecule has 158 valence electrons. The summed E-state index contributed by atoms with van der Waals surface area (Å²) >= 11 is 0. The van der Waals surface area contributed by atoms with E-state index in [0.717, 1.165) is 23.3 Å². The molecule has 0 radical (unpaired) electrons. The van der Waals surface area contributed by atoms with Crippen molar-refractivity contribution in [2.24, 2.45) is 11.8 Å². The quantitative estimate of drug-likeness (QED) is 0.725. The molecule has 5 atom stereocenters. The predicted octanol–water partition coefficient (Wildman–Crippen LogP) is 0.878. The molecule has 7 heteroatoms. The van der Waals surface area contributed by atoms with Crippen molar-refractivity contribution in [1.29, 1.82) is 0 Å². The first-order valence-corrected chi connectivity index (χ1v) is 10.9. The third kappa shape index (κ3) is 2.32. The van der Waals surface area contributed by atoms with Crippen molar-refractivity contribution in [2.45, 2.75) is 30.8 Å². The molecular formula is C24H23FN3O3+. The maximum absolute atomic E-state index is 14.3. The molecule has 3 saturated heterocycles. The highest BCUT2D eigenvalue weighted by Crippen LogP contribution is 2.51. The number of imide groups is 1. The molecule has 0 saturated carbocycles. The minimum atomic E-state index is -1.22. The van der Waals surface area contributed by atoms with Crippen LogP contribution in [0.15, 0.2) is 48.5 Å². The van der Waals surface area contributed by atoms with Crippen LogP contribution in [0.1, 0.15) is 24.0 Å². The van der Waals surface area contributed by atoms with Gasteiger partial charge in [-0.1, -0.05) is 30.3 Å². The fourth-order valence-electron chi connectivity index (χ4n) is 6.60. The van der Waals surface area contributed by atoms with E-state index in [1.165, 1.54) is 17.0 Å². The summed E-state index contributed by atoms with van der Waals surface area (Å²) in [6, 6.07) is 13.9.